The first kappa shape index (κ1) is 18.8. The minimum atomic E-state index is -0.426. The quantitative estimate of drug-likeness (QED) is 0.765. The fourth-order valence-corrected chi connectivity index (χ4v) is 3.13. The minimum absolute atomic E-state index is 0.190. The molecule has 25 heavy (non-hydrogen) atoms. The van der Waals surface area contributed by atoms with Crippen LogP contribution < -0.4 is 0 Å². The maximum absolute atomic E-state index is 12.1. The molecule has 136 valence electrons. The normalized spacial score (nSPS) is 15.4. The molecule has 1 aliphatic rings. The minimum Gasteiger partial charge on any atom is -0.483 e. The number of carbonyl (C=O) groups is 2. The van der Waals surface area contributed by atoms with Crippen LogP contribution in [0.25, 0.3) is 10.9 Å². The van der Waals surface area contributed by atoms with Crippen molar-refractivity contribution in [1.29, 1.82) is 0 Å². The van der Waals surface area contributed by atoms with Crippen LogP contribution in [0.15, 0.2) is 30.5 Å². The summed E-state index contributed by atoms with van der Waals surface area (Å²) in [6.07, 6.45) is 3.91. The lowest BCUT2D eigenvalue weighted by molar-refractivity contribution is -0.122. The van der Waals surface area contributed by atoms with Gasteiger partial charge in [0.2, 0.25) is 0 Å². The van der Waals surface area contributed by atoms with E-state index in [1.807, 2.05) is 31.7 Å². The average molecular weight is 346 g/mol. The van der Waals surface area contributed by atoms with Crippen molar-refractivity contribution < 1.29 is 19.4 Å². The van der Waals surface area contributed by atoms with Gasteiger partial charge in [-0.25, -0.2) is 4.79 Å². The van der Waals surface area contributed by atoms with Crippen molar-refractivity contribution in [2.24, 2.45) is 0 Å². The summed E-state index contributed by atoms with van der Waals surface area (Å²) in [5, 5.41) is 8.19. The summed E-state index contributed by atoms with van der Waals surface area (Å²) in [6, 6.07) is 8.40. The Labute approximate surface area is 147 Å². The van der Waals surface area contributed by atoms with E-state index in [1.54, 1.807) is 0 Å². The Hall–Kier alpha value is -2.50. The number of benzene rings is 1. The van der Waals surface area contributed by atoms with Crippen molar-refractivity contribution in [2.75, 3.05) is 13.1 Å². The molecular weight excluding hydrogens is 320 g/mol. The molecule has 0 unspecified atom stereocenters. The third kappa shape index (κ3) is 4.98. The maximum atomic E-state index is 12.1. The molecule has 1 aromatic heterocycles. The van der Waals surface area contributed by atoms with Gasteiger partial charge in [0.1, 0.15) is 5.60 Å². The van der Waals surface area contributed by atoms with E-state index < -0.39 is 5.60 Å². The third-order valence-electron chi connectivity index (χ3n) is 4.21. The number of aromatic amines is 1. The summed E-state index contributed by atoms with van der Waals surface area (Å²) in [6.45, 7) is 6.99. The molecule has 6 heteroatoms. The van der Waals surface area contributed by atoms with Crippen molar-refractivity contribution in [3.05, 3.63) is 36.0 Å². The highest BCUT2D eigenvalue weighted by Gasteiger charge is 2.28. The molecule has 0 radical (unpaired) electrons. The van der Waals surface area contributed by atoms with Gasteiger partial charge in [0.25, 0.3) is 6.47 Å². The van der Waals surface area contributed by atoms with Gasteiger partial charge in [-0.2, -0.15) is 0 Å². The number of nitrogens with zero attached hydrogens (tertiary/aromatic N) is 1. The van der Waals surface area contributed by atoms with Crippen LogP contribution in [0.5, 0.6) is 0 Å². The molecule has 0 saturated carbocycles. The number of carboxylic acid groups (broad SMARTS) is 1. The van der Waals surface area contributed by atoms with E-state index in [4.69, 9.17) is 14.6 Å². The van der Waals surface area contributed by atoms with Crippen LogP contribution in [-0.4, -0.2) is 46.2 Å². The number of para-hydroxylation sites is 1. The summed E-state index contributed by atoms with van der Waals surface area (Å²) in [4.78, 5) is 25.7. The summed E-state index contributed by atoms with van der Waals surface area (Å²) < 4.78 is 5.45. The summed E-state index contributed by atoms with van der Waals surface area (Å²) in [5.74, 6) is 0.509. The molecule has 0 aliphatic carbocycles. The predicted molar refractivity (Wildman–Crippen MR) is 96.8 cm³/mol. The number of ether oxygens (including phenoxy) is 1. The largest absolute Gasteiger partial charge is 0.483 e. The fourth-order valence-electron chi connectivity index (χ4n) is 3.13. The number of aromatic nitrogens is 1. The van der Waals surface area contributed by atoms with Crippen molar-refractivity contribution in [3.63, 3.8) is 0 Å². The van der Waals surface area contributed by atoms with Gasteiger partial charge in [0.05, 0.1) is 0 Å². The highest BCUT2D eigenvalue weighted by atomic mass is 16.6. The van der Waals surface area contributed by atoms with E-state index in [0.29, 0.717) is 5.92 Å². The molecular formula is C19H26N2O4. The molecule has 2 heterocycles. The monoisotopic (exact) mass is 346 g/mol. The number of hydrogen-bond donors (Lipinski definition) is 2. The van der Waals surface area contributed by atoms with E-state index in [2.05, 4.69) is 29.4 Å². The third-order valence-corrected chi connectivity index (χ3v) is 4.21. The number of nitrogens with one attached hydrogen (secondary N) is 1. The molecule has 1 aromatic carbocycles. The van der Waals surface area contributed by atoms with Crippen molar-refractivity contribution in [1.82, 2.24) is 9.88 Å². The van der Waals surface area contributed by atoms with Crippen LogP contribution in [0.2, 0.25) is 0 Å². The number of H-pyrrole nitrogens is 1. The van der Waals surface area contributed by atoms with E-state index >= 15 is 0 Å². The number of likely N-dealkylation sites (tertiary alicyclic amines) is 1. The van der Waals surface area contributed by atoms with Gasteiger partial charge >= 0.3 is 6.09 Å². The molecule has 1 aliphatic heterocycles. The lowest BCUT2D eigenvalue weighted by Crippen LogP contribution is -2.41. The van der Waals surface area contributed by atoms with Crippen LogP contribution in [0.1, 0.15) is 45.1 Å². The Morgan fingerprint density at radius 2 is 1.88 bits per heavy atom. The zero-order chi connectivity index (χ0) is 18.4. The molecule has 1 amide bonds. The van der Waals surface area contributed by atoms with E-state index in [9.17, 15) is 4.79 Å². The van der Waals surface area contributed by atoms with Crippen molar-refractivity contribution in [3.8, 4) is 0 Å². The summed E-state index contributed by atoms with van der Waals surface area (Å²) in [5.41, 5.74) is 2.14. The highest BCUT2D eigenvalue weighted by Crippen LogP contribution is 2.33. The Bertz CT molecular complexity index is 710. The van der Waals surface area contributed by atoms with Gasteiger partial charge in [-0.15, -0.1) is 0 Å². The number of carbonyl (C=O) groups excluding carboxylic acids is 1. The van der Waals surface area contributed by atoms with Crippen LogP contribution >= 0.6 is 0 Å². The summed E-state index contributed by atoms with van der Waals surface area (Å²) in [7, 11) is 0. The van der Waals surface area contributed by atoms with Crippen LogP contribution in [0.4, 0.5) is 4.79 Å². The topological polar surface area (TPSA) is 82.6 Å². The SMILES string of the molecule is CC(C)(C)OC(=O)N1CCC(c2c[nH]c3ccccc23)CC1.O=CO. The molecule has 2 N–H and O–H groups in total. The van der Waals surface area contributed by atoms with Gasteiger partial charge in [0.15, 0.2) is 0 Å². The van der Waals surface area contributed by atoms with Crippen LogP contribution in [0, 0.1) is 0 Å². The van der Waals surface area contributed by atoms with Gasteiger partial charge in [-0.05, 0) is 51.2 Å². The molecule has 1 saturated heterocycles. The number of piperidine rings is 1. The second-order valence-electron chi connectivity index (χ2n) is 7.14. The second kappa shape index (κ2) is 8.05. The molecule has 0 bridgehead atoms. The first-order chi connectivity index (χ1) is 11.9. The standard InChI is InChI=1S/C18H24N2O2.CH2O2/c1-18(2,3)22-17(21)20-10-8-13(9-11-20)15-12-19-16-7-5-4-6-14(15)16;2-1-3/h4-7,12-13,19H,8-11H2,1-3H3;1H,(H,2,3). The lowest BCUT2D eigenvalue weighted by Gasteiger charge is -2.33. The first-order valence-corrected chi connectivity index (χ1v) is 8.47. The Kier molecular flexibility index (Phi) is 6.07. The highest BCUT2D eigenvalue weighted by molar-refractivity contribution is 5.83. The lowest BCUT2D eigenvalue weighted by atomic mass is 9.89. The zero-order valence-corrected chi connectivity index (χ0v) is 15.0. The summed E-state index contributed by atoms with van der Waals surface area (Å²) >= 11 is 0. The van der Waals surface area contributed by atoms with Gasteiger partial charge in [-0.1, -0.05) is 18.2 Å². The number of rotatable bonds is 1. The van der Waals surface area contributed by atoms with Crippen LogP contribution in [0.3, 0.4) is 0 Å². The zero-order valence-electron chi connectivity index (χ0n) is 15.0. The molecule has 1 fully saturated rings. The fraction of sp³-hybridized carbons (Fsp3) is 0.474. The average Bonchev–Trinajstić information content (AvgIpc) is 2.98. The Morgan fingerprint density at radius 1 is 1.28 bits per heavy atom. The van der Waals surface area contributed by atoms with E-state index in [1.165, 1.54) is 16.5 Å². The first-order valence-electron chi connectivity index (χ1n) is 8.47. The van der Waals surface area contributed by atoms with Gasteiger partial charge in [-0.3, -0.25) is 4.79 Å². The van der Waals surface area contributed by atoms with Crippen molar-refractivity contribution >= 4 is 23.5 Å². The molecule has 0 spiro atoms. The molecule has 0 atom stereocenters. The maximum Gasteiger partial charge on any atom is 0.410 e. The van der Waals surface area contributed by atoms with Crippen LogP contribution in [-0.2, 0) is 9.53 Å². The van der Waals surface area contributed by atoms with E-state index in [-0.39, 0.29) is 12.6 Å². The Balaban J connectivity index is 0.000000701. The van der Waals surface area contributed by atoms with Gasteiger partial charge in [0, 0.05) is 30.2 Å². The number of hydrogen-bond acceptors (Lipinski definition) is 3. The van der Waals surface area contributed by atoms with Crippen molar-refractivity contribution in [2.45, 2.75) is 45.1 Å². The molecule has 3 rings (SSSR count). The van der Waals surface area contributed by atoms with Gasteiger partial charge < -0.3 is 19.7 Å². The van der Waals surface area contributed by atoms with E-state index in [0.717, 1.165) is 25.9 Å². The smallest absolute Gasteiger partial charge is 0.410 e. The second-order valence-corrected chi connectivity index (χ2v) is 7.14. The Morgan fingerprint density at radius 3 is 2.48 bits per heavy atom. The number of fused-ring (bicyclic) bond motifs is 1. The predicted octanol–water partition coefficient (Wildman–Crippen LogP) is 3.98. The number of amides is 1. The molecule has 6 nitrogen and oxygen atoms in total. The molecule has 2 aromatic rings.